The zero-order chi connectivity index (χ0) is 8.53. The van der Waals surface area contributed by atoms with Crippen LogP contribution in [0.2, 0.25) is 0 Å². The lowest BCUT2D eigenvalue weighted by Gasteiger charge is -1.89. The van der Waals surface area contributed by atoms with Gasteiger partial charge in [-0.3, -0.25) is 0 Å². The Morgan fingerprint density at radius 1 is 1.36 bits per heavy atom. The summed E-state index contributed by atoms with van der Waals surface area (Å²) in [5, 5.41) is 8.54. The Bertz CT molecular complexity index is 182. The lowest BCUT2D eigenvalue weighted by atomic mass is 10.2. The maximum absolute atomic E-state index is 8.81. The maximum Gasteiger partial charge on any atom is 0.116 e. The average molecular weight is 152 g/mol. The third-order valence-corrected chi connectivity index (χ3v) is 1.03. The van der Waals surface area contributed by atoms with Crippen LogP contribution in [0.3, 0.4) is 0 Å². The third kappa shape index (κ3) is 5.30. The first-order valence-electron chi connectivity index (χ1n) is 3.39. The number of aldehydes is 1. The van der Waals surface area contributed by atoms with Crippen LogP contribution in [0.1, 0.15) is 12.5 Å². The summed E-state index contributed by atoms with van der Waals surface area (Å²) in [6.45, 7) is 1.58. The van der Waals surface area contributed by atoms with Crippen LogP contribution in [-0.4, -0.2) is 11.4 Å². The highest BCUT2D eigenvalue weighted by atomic mass is 16.3. The Hall–Kier alpha value is -1.15. The van der Waals surface area contributed by atoms with E-state index < -0.39 is 0 Å². The molecule has 1 rings (SSSR count). The Balaban J connectivity index is 0.000000292. The van der Waals surface area contributed by atoms with Crippen molar-refractivity contribution in [2.24, 2.45) is 0 Å². The molecule has 0 spiro atoms. The monoisotopic (exact) mass is 152 g/mol. The number of aliphatic hydroxyl groups excluding tert-OH is 1. The van der Waals surface area contributed by atoms with Crippen LogP contribution in [0.25, 0.3) is 0 Å². The minimum atomic E-state index is 0.140. The van der Waals surface area contributed by atoms with Gasteiger partial charge in [-0.1, -0.05) is 30.3 Å². The summed E-state index contributed by atoms with van der Waals surface area (Å²) in [5.74, 6) is 0. The van der Waals surface area contributed by atoms with Gasteiger partial charge in [0, 0.05) is 0 Å². The van der Waals surface area contributed by atoms with E-state index >= 15 is 0 Å². The van der Waals surface area contributed by atoms with Crippen molar-refractivity contribution in [3.8, 4) is 0 Å². The standard InChI is InChI=1S/C7H8O.C2H4O/c8-6-7-4-2-1-3-5-7;1-2-3/h1-5,8H,6H2;2H,1H3. The molecule has 0 saturated carbocycles. The molecule has 0 aromatic heterocycles. The van der Waals surface area contributed by atoms with Gasteiger partial charge in [0.25, 0.3) is 0 Å². The van der Waals surface area contributed by atoms with Crippen LogP contribution in [0.5, 0.6) is 0 Å². The molecule has 0 aliphatic heterocycles. The highest BCUT2D eigenvalue weighted by Crippen LogP contribution is 1.95. The average Bonchev–Trinajstić information content (AvgIpc) is 2.08. The molecule has 0 radical (unpaired) electrons. The smallest absolute Gasteiger partial charge is 0.116 e. The molecule has 0 unspecified atom stereocenters. The third-order valence-electron chi connectivity index (χ3n) is 1.03. The molecule has 2 nitrogen and oxygen atoms in total. The fourth-order valence-electron chi connectivity index (χ4n) is 0.583. The molecular formula is C9H12O2. The van der Waals surface area contributed by atoms with Crippen molar-refractivity contribution < 1.29 is 9.90 Å². The molecule has 1 aromatic carbocycles. The second-order valence-electron chi connectivity index (χ2n) is 1.88. The Morgan fingerprint density at radius 2 is 1.82 bits per heavy atom. The predicted molar refractivity (Wildman–Crippen MR) is 44.1 cm³/mol. The number of aliphatic hydroxyl groups is 1. The van der Waals surface area contributed by atoms with Crippen molar-refractivity contribution in [3.05, 3.63) is 35.9 Å². The van der Waals surface area contributed by atoms with E-state index in [9.17, 15) is 0 Å². The first kappa shape index (κ1) is 9.85. The molecule has 11 heavy (non-hydrogen) atoms. The van der Waals surface area contributed by atoms with Gasteiger partial charge in [-0.15, -0.1) is 0 Å². The Kier molecular flexibility index (Phi) is 6.24. The summed E-state index contributed by atoms with van der Waals surface area (Å²) >= 11 is 0. The fourth-order valence-corrected chi connectivity index (χ4v) is 0.583. The molecule has 1 aromatic rings. The summed E-state index contributed by atoms with van der Waals surface area (Å²) < 4.78 is 0. The quantitative estimate of drug-likeness (QED) is 0.617. The van der Waals surface area contributed by atoms with Crippen molar-refractivity contribution in [1.82, 2.24) is 0 Å². The molecule has 0 heterocycles. The van der Waals surface area contributed by atoms with Crippen molar-refractivity contribution in [2.45, 2.75) is 13.5 Å². The lowest BCUT2D eigenvalue weighted by Crippen LogP contribution is -1.77. The van der Waals surface area contributed by atoms with E-state index in [4.69, 9.17) is 9.90 Å². The van der Waals surface area contributed by atoms with E-state index in [1.165, 1.54) is 6.92 Å². The van der Waals surface area contributed by atoms with E-state index in [0.717, 1.165) is 11.8 Å². The van der Waals surface area contributed by atoms with Gasteiger partial charge in [-0.25, -0.2) is 0 Å². The molecule has 0 aliphatic carbocycles. The van der Waals surface area contributed by atoms with Crippen LogP contribution < -0.4 is 0 Å². The summed E-state index contributed by atoms with van der Waals surface area (Å²) in [4.78, 5) is 8.81. The predicted octanol–water partition coefficient (Wildman–Crippen LogP) is 1.38. The van der Waals surface area contributed by atoms with Crippen LogP contribution in [-0.2, 0) is 11.4 Å². The van der Waals surface area contributed by atoms with Gasteiger partial charge in [0.1, 0.15) is 6.29 Å². The highest BCUT2D eigenvalue weighted by Gasteiger charge is 1.81. The molecule has 0 fully saturated rings. The Labute approximate surface area is 66.5 Å². The van der Waals surface area contributed by atoms with Crippen LogP contribution in [0.15, 0.2) is 30.3 Å². The molecule has 1 N–H and O–H groups in total. The highest BCUT2D eigenvalue weighted by molar-refractivity contribution is 5.44. The second kappa shape index (κ2) is 6.96. The van der Waals surface area contributed by atoms with Crippen molar-refractivity contribution in [3.63, 3.8) is 0 Å². The molecule has 0 amide bonds. The molecule has 2 heteroatoms. The van der Waals surface area contributed by atoms with Gasteiger partial charge in [0.2, 0.25) is 0 Å². The van der Waals surface area contributed by atoms with Crippen LogP contribution in [0, 0.1) is 0 Å². The Morgan fingerprint density at radius 3 is 2.09 bits per heavy atom. The number of carbonyl (C=O) groups excluding carboxylic acids is 1. The zero-order valence-electron chi connectivity index (χ0n) is 6.53. The number of hydrogen-bond acceptors (Lipinski definition) is 2. The van der Waals surface area contributed by atoms with Gasteiger partial charge < -0.3 is 9.90 Å². The normalized spacial score (nSPS) is 7.82. The van der Waals surface area contributed by atoms with Crippen molar-refractivity contribution in [2.75, 3.05) is 0 Å². The SMILES string of the molecule is CC=O.OCc1ccccc1. The molecule has 0 bridgehead atoms. The first-order chi connectivity index (χ1) is 5.35. The summed E-state index contributed by atoms with van der Waals surface area (Å²) in [6.07, 6.45) is 0.750. The minimum Gasteiger partial charge on any atom is -0.392 e. The number of rotatable bonds is 1. The van der Waals surface area contributed by atoms with Crippen molar-refractivity contribution in [1.29, 1.82) is 0 Å². The van der Waals surface area contributed by atoms with E-state index in [-0.39, 0.29) is 6.61 Å². The van der Waals surface area contributed by atoms with Crippen LogP contribution in [0.4, 0.5) is 0 Å². The summed E-state index contributed by atoms with van der Waals surface area (Å²) in [6, 6.07) is 9.52. The number of benzene rings is 1. The number of carbonyl (C=O) groups is 1. The van der Waals surface area contributed by atoms with E-state index in [0.29, 0.717) is 0 Å². The summed E-state index contributed by atoms with van der Waals surface area (Å²) in [7, 11) is 0. The van der Waals surface area contributed by atoms with E-state index in [1.54, 1.807) is 0 Å². The maximum atomic E-state index is 8.81. The molecular weight excluding hydrogens is 140 g/mol. The van der Waals surface area contributed by atoms with Gasteiger partial charge in [0.15, 0.2) is 0 Å². The largest absolute Gasteiger partial charge is 0.392 e. The van der Waals surface area contributed by atoms with Gasteiger partial charge in [-0.05, 0) is 12.5 Å². The van der Waals surface area contributed by atoms with Gasteiger partial charge in [-0.2, -0.15) is 0 Å². The lowest BCUT2D eigenvalue weighted by molar-refractivity contribution is -0.106. The number of hydrogen-bond donors (Lipinski definition) is 1. The summed E-state index contributed by atoms with van der Waals surface area (Å²) in [5.41, 5.74) is 0.965. The topological polar surface area (TPSA) is 37.3 Å². The molecule has 60 valence electrons. The molecule has 0 aliphatic rings. The zero-order valence-corrected chi connectivity index (χ0v) is 6.53. The van der Waals surface area contributed by atoms with E-state index in [2.05, 4.69) is 0 Å². The van der Waals surface area contributed by atoms with Crippen molar-refractivity contribution >= 4 is 6.29 Å². The van der Waals surface area contributed by atoms with Gasteiger partial charge >= 0.3 is 0 Å². The van der Waals surface area contributed by atoms with E-state index in [1.807, 2.05) is 30.3 Å². The van der Waals surface area contributed by atoms with Crippen LogP contribution >= 0.6 is 0 Å². The molecule has 0 saturated heterocycles. The minimum absolute atomic E-state index is 0.140. The fraction of sp³-hybridized carbons (Fsp3) is 0.222. The second-order valence-corrected chi connectivity index (χ2v) is 1.88. The molecule has 0 atom stereocenters. The first-order valence-corrected chi connectivity index (χ1v) is 3.39. The van der Waals surface area contributed by atoms with Gasteiger partial charge in [0.05, 0.1) is 6.61 Å².